The highest BCUT2D eigenvalue weighted by molar-refractivity contribution is 7.17. The fourth-order valence-corrected chi connectivity index (χ4v) is 4.61. The minimum atomic E-state index is -0.617. The molecule has 0 spiro atoms. The molecule has 1 aromatic carbocycles. The number of benzene rings is 1. The van der Waals surface area contributed by atoms with Crippen molar-refractivity contribution < 1.29 is 19.1 Å². The Morgan fingerprint density at radius 1 is 1.29 bits per heavy atom. The molecular weight excluding hydrogens is 376 g/mol. The second kappa shape index (κ2) is 8.84. The second-order valence-electron chi connectivity index (χ2n) is 6.82. The van der Waals surface area contributed by atoms with Crippen molar-refractivity contribution in [2.24, 2.45) is 11.7 Å². The van der Waals surface area contributed by atoms with E-state index < -0.39 is 24.4 Å². The number of nitrogens with one attached hydrogen (secondary N) is 1. The first kappa shape index (κ1) is 19.8. The molecule has 0 saturated heterocycles. The van der Waals surface area contributed by atoms with E-state index >= 15 is 0 Å². The second-order valence-corrected chi connectivity index (χ2v) is 7.93. The molecule has 0 fully saturated rings. The third kappa shape index (κ3) is 4.86. The van der Waals surface area contributed by atoms with Gasteiger partial charge in [0.2, 0.25) is 0 Å². The third-order valence-corrected chi connectivity index (χ3v) is 5.74. The van der Waals surface area contributed by atoms with Crippen LogP contribution in [0.3, 0.4) is 0 Å². The van der Waals surface area contributed by atoms with Gasteiger partial charge < -0.3 is 15.8 Å². The third-order valence-electron chi connectivity index (χ3n) is 4.57. The fourth-order valence-electron chi connectivity index (χ4n) is 3.18. The van der Waals surface area contributed by atoms with Crippen LogP contribution in [0.5, 0.6) is 0 Å². The Bertz CT molecular complexity index is 918. The summed E-state index contributed by atoms with van der Waals surface area (Å²) in [5, 5.41) is 3.11. The standard InChI is InChI=1S/C21H22N2O4S/c1-13-7-9-15-16(11-13)28-21(19(15)20(22)26)23-17(24)12-27-18(25)10-8-14-5-3-2-4-6-14/h2-6,8,10,13H,7,9,11-12H2,1H3,(H2,22,26)(H,23,24)/b10-8+. The fraction of sp³-hybridized carbons (Fsp3) is 0.286. The number of carbonyl (C=O) groups excluding carboxylic acids is 3. The summed E-state index contributed by atoms with van der Waals surface area (Å²) in [6, 6.07) is 9.29. The van der Waals surface area contributed by atoms with E-state index in [-0.39, 0.29) is 0 Å². The van der Waals surface area contributed by atoms with Crippen molar-refractivity contribution in [3.8, 4) is 0 Å². The molecule has 0 aliphatic heterocycles. The van der Waals surface area contributed by atoms with E-state index in [0.717, 1.165) is 35.3 Å². The van der Waals surface area contributed by atoms with Crippen LogP contribution in [0.15, 0.2) is 36.4 Å². The Kier molecular flexibility index (Phi) is 6.26. The Morgan fingerprint density at radius 2 is 2.04 bits per heavy atom. The van der Waals surface area contributed by atoms with Gasteiger partial charge in [-0.2, -0.15) is 0 Å². The van der Waals surface area contributed by atoms with Gasteiger partial charge in [0, 0.05) is 11.0 Å². The minimum Gasteiger partial charge on any atom is -0.452 e. The zero-order valence-corrected chi connectivity index (χ0v) is 16.4. The lowest BCUT2D eigenvalue weighted by Gasteiger charge is -2.18. The number of hydrogen-bond donors (Lipinski definition) is 2. The quantitative estimate of drug-likeness (QED) is 0.577. The largest absolute Gasteiger partial charge is 0.452 e. The molecule has 146 valence electrons. The lowest BCUT2D eigenvalue weighted by Crippen LogP contribution is -2.22. The van der Waals surface area contributed by atoms with Crippen LogP contribution in [0, 0.1) is 5.92 Å². The SMILES string of the molecule is CC1CCc2c(sc(NC(=O)COC(=O)/C=C/c3ccccc3)c2C(N)=O)C1. The molecule has 7 heteroatoms. The van der Waals surface area contributed by atoms with Gasteiger partial charge in [-0.25, -0.2) is 4.79 Å². The number of fused-ring (bicyclic) bond motifs is 1. The lowest BCUT2D eigenvalue weighted by atomic mass is 9.88. The number of anilines is 1. The van der Waals surface area contributed by atoms with E-state index in [0.29, 0.717) is 16.5 Å². The van der Waals surface area contributed by atoms with Crippen LogP contribution in [0.1, 0.15) is 39.7 Å². The summed E-state index contributed by atoms with van der Waals surface area (Å²) in [4.78, 5) is 36.9. The average Bonchev–Trinajstić information content (AvgIpc) is 3.02. The summed E-state index contributed by atoms with van der Waals surface area (Å²) in [7, 11) is 0. The van der Waals surface area contributed by atoms with E-state index in [1.54, 1.807) is 6.08 Å². The summed E-state index contributed by atoms with van der Waals surface area (Å²) < 4.78 is 4.97. The molecule has 2 amide bonds. The van der Waals surface area contributed by atoms with Crippen molar-refractivity contribution in [1.82, 2.24) is 0 Å². The maximum absolute atomic E-state index is 12.2. The van der Waals surface area contributed by atoms with E-state index in [4.69, 9.17) is 10.5 Å². The van der Waals surface area contributed by atoms with E-state index in [2.05, 4.69) is 12.2 Å². The number of thiophene rings is 1. The zero-order chi connectivity index (χ0) is 20.1. The number of nitrogens with two attached hydrogens (primary N) is 1. The van der Waals surface area contributed by atoms with Gasteiger partial charge in [-0.15, -0.1) is 11.3 Å². The summed E-state index contributed by atoms with van der Waals surface area (Å²) in [6.45, 7) is 1.72. The molecule has 28 heavy (non-hydrogen) atoms. The monoisotopic (exact) mass is 398 g/mol. The highest BCUT2D eigenvalue weighted by atomic mass is 32.1. The summed E-state index contributed by atoms with van der Waals surface area (Å²) in [5.41, 5.74) is 7.71. The van der Waals surface area contributed by atoms with Gasteiger partial charge in [0.25, 0.3) is 11.8 Å². The van der Waals surface area contributed by atoms with E-state index in [1.165, 1.54) is 17.4 Å². The van der Waals surface area contributed by atoms with Crippen LogP contribution in [0.2, 0.25) is 0 Å². The number of ether oxygens (including phenoxy) is 1. The number of amides is 2. The van der Waals surface area contributed by atoms with Gasteiger partial charge in [0.05, 0.1) is 5.56 Å². The minimum absolute atomic E-state index is 0.385. The van der Waals surface area contributed by atoms with Gasteiger partial charge in [-0.1, -0.05) is 37.3 Å². The first-order valence-electron chi connectivity index (χ1n) is 9.08. The molecule has 6 nitrogen and oxygen atoms in total. The van der Waals surface area contributed by atoms with Crippen LogP contribution >= 0.6 is 11.3 Å². The maximum Gasteiger partial charge on any atom is 0.331 e. The highest BCUT2D eigenvalue weighted by Gasteiger charge is 2.27. The Labute approximate surface area is 167 Å². The number of carbonyl (C=O) groups is 3. The normalized spacial score (nSPS) is 15.8. The zero-order valence-electron chi connectivity index (χ0n) is 15.6. The van der Waals surface area contributed by atoms with Crippen LogP contribution in [-0.4, -0.2) is 24.4 Å². The topological polar surface area (TPSA) is 98.5 Å². The summed E-state index contributed by atoms with van der Waals surface area (Å²) in [5.74, 6) is -1.14. The van der Waals surface area contributed by atoms with Gasteiger partial charge in [-0.3, -0.25) is 9.59 Å². The first-order valence-corrected chi connectivity index (χ1v) is 9.89. The Hall–Kier alpha value is -2.93. The lowest BCUT2D eigenvalue weighted by molar-refractivity contribution is -0.142. The number of hydrogen-bond acceptors (Lipinski definition) is 5. The predicted molar refractivity (Wildman–Crippen MR) is 109 cm³/mol. The van der Waals surface area contributed by atoms with E-state index in [1.807, 2.05) is 30.3 Å². The molecule has 3 N–H and O–H groups in total. The van der Waals surface area contributed by atoms with Crippen LogP contribution < -0.4 is 11.1 Å². The van der Waals surface area contributed by atoms with Gasteiger partial charge in [-0.05, 0) is 42.4 Å². The molecule has 1 unspecified atom stereocenters. The van der Waals surface area contributed by atoms with Crippen molar-refractivity contribution in [1.29, 1.82) is 0 Å². The van der Waals surface area contributed by atoms with Crippen LogP contribution in [-0.2, 0) is 27.2 Å². The molecular formula is C21H22N2O4S. The van der Waals surface area contributed by atoms with Gasteiger partial charge in [0.15, 0.2) is 6.61 Å². The van der Waals surface area contributed by atoms with Gasteiger partial charge >= 0.3 is 5.97 Å². The van der Waals surface area contributed by atoms with Crippen molar-refractivity contribution in [2.45, 2.75) is 26.2 Å². The smallest absolute Gasteiger partial charge is 0.331 e. The van der Waals surface area contributed by atoms with Crippen molar-refractivity contribution in [3.05, 3.63) is 58.0 Å². The van der Waals surface area contributed by atoms with Gasteiger partial charge in [0.1, 0.15) is 5.00 Å². The maximum atomic E-state index is 12.2. The molecule has 1 atom stereocenters. The van der Waals surface area contributed by atoms with Crippen LogP contribution in [0.25, 0.3) is 6.08 Å². The summed E-state index contributed by atoms with van der Waals surface area (Å²) in [6.07, 6.45) is 5.52. The number of esters is 1. The highest BCUT2D eigenvalue weighted by Crippen LogP contribution is 2.39. The molecule has 0 bridgehead atoms. The molecule has 1 heterocycles. The molecule has 1 aliphatic carbocycles. The average molecular weight is 398 g/mol. The Morgan fingerprint density at radius 3 is 2.75 bits per heavy atom. The number of rotatable bonds is 6. The molecule has 1 aliphatic rings. The van der Waals surface area contributed by atoms with E-state index in [9.17, 15) is 14.4 Å². The first-order chi connectivity index (χ1) is 13.4. The number of primary amides is 1. The summed E-state index contributed by atoms with van der Waals surface area (Å²) >= 11 is 1.38. The Balaban J connectivity index is 1.60. The molecule has 3 rings (SSSR count). The molecule has 0 saturated carbocycles. The molecule has 1 aromatic heterocycles. The van der Waals surface area contributed by atoms with Crippen molar-refractivity contribution in [3.63, 3.8) is 0 Å². The predicted octanol–water partition coefficient (Wildman–Crippen LogP) is 3.17. The molecule has 2 aromatic rings. The van der Waals surface area contributed by atoms with Crippen LogP contribution in [0.4, 0.5) is 5.00 Å². The van der Waals surface area contributed by atoms with Crippen molar-refractivity contribution >= 4 is 40.2 Å². The van der Waals surface area contributed by atoms with Crippen molar-refractivity contribution in [2.75, 3.05) is 11.9 Å². The molecule has 0 radical (unpaired) electrons.